The van der Waals surface area contributed by atoms with Gasteiger partial charge in [-0.25, -0.2) is 4.79 Å². The molecule has 2 saturated heterocycles. The number of likely N-dealkylation sites (tertiary alicyclic amines) is 1. The first-order chi connectivity index (χ1) is 14.0. The van der Waals surface area contributed by atoms with Crippen molar-refractivity contribution in [2.45, 2.75) is 63.0 Å². The highest BCUT2D eigenvalue weighted by Crippen LogP contribution is 2.70. The van der Waals surface area contributed by atoms with E-state index in [1.165, 1.54) is 30.5 Å². The van der Waals surface area contributed by atoms with Gasteiger partial charge in [-0.05, 0) is 74.8 Å². The molecule has 2 N–H and O–H groups in total. The summed E-state index contributed by atoms with van der Waals surface area (Å²) in [6.07, 6.45) is 13.0. The molecule has 6 nitrogen and oxygen atoms in total. The number of ether oxygens (including phenoxy) is 1. The zero-order valence-electron chi connectivity index (χ0n) is 17.3. The summed E-state index contributed by atoms with van der Waals surface area (Å²) in [5, 5.41) is 5.57. The molecule has 3 amide bonds. The fraction of sp³-hybridized carbons (Fsp3) is 0.739. The second-order valence-electron chi connectivity index (χ2n) is 10.5. The van der Waals surface area contributed by atoms with Gasteiger partial charge in [-0.1, -0.05) is 17.7 Å². The quantitative estimate of drug-likeness (QED) is 0.718. The summed E-state index contributed by atoms with van der Waals surface area (Å²) < 4.78 is 5.71. The van der Waals surface area contributed by atoms with Gasteiger partial charge in [0.05, 0.1) is 6.10 Å². The van der Waals surface area contributed by atoms with Gasteiger partial charge in [-0.2, -0.15) is 0 Å². The number of imide groups is 1. The highest BCUT2D eigenvalue weighted by atomic mass is 16.5. The molecule has 2 saturated carbocycles. The van der Waals surface area contributed by atoms with Crippen LogP contribution in [0.25, 0.3) is 0 Å². The number of piperidine rings is 1. The lowest BCUT2D eigenvalue weighted by molar-refractivity contribution is -0.133. The molecule has 4 aliphatic carbocycles. The van der Waals surface area contributed by atoms with Crippen LogP contribution < -0.4 is 10.6 Å². The molecule has 6 heteroatoms. The molecule has 2 heterocycles. The zero-order valence-corrected chi connectivity index (χ0v) is 17.3. The number of hydrogen-bond donors (Lipinski definition) is 2. The molecular weight excluding hydrogens is 366 g/mol. The Bertz CT molecular complexity index is 846. The third-order valence-corrected chi connectivity index (χ3v) is 8.97. The third-order valence-electron chi connectivity index (χ3n) is 8.97. The molecule has 0 aromatic carbocycles. The van der Waals surface area contributed by atoms with Crippen molar-refractivity contribution in [2.24, 2.45) is 16.7 Å². The number of methoxy groups -OCH3 is 1. The van der Waals surface area contributed by atoms with Crippen LogP contribution >= 0.6 is 0 Å². The molecule has 4 atom stereocenters. The van der Waals surface area contributed by atoms with Crippen molar-refractivity contribution < 1.29 is 14.3 Å². The van der Waals surface area contributed by atoms with E-state index in [0.717, 1.165) is 57.5 Å². The summed E-state index contributed by atoms with van der Waals surface area (Å²) in [4.78, 5) is 27.6. The van der Waals surface area contributed by atoms with Gasteiger partial charge in [-0.3, -0.25) is 10.1 Å². The number of allylic oxidation sites excluding steroid dienone is 2. The van der Waals surface area contributed by atoms with Crippen molar-refractivity contribution in [3.8, 4) is 0 Å². The van der Waals surface area contributed by atoms with Crippen LogP contribution in [0.4, 0.5) is 4.79 Å². The fourth-order valence-corrected chi connectivity index (χ4v) is 7.38. The second kappa shape index (κ2) is 5.94. The Labute approximate surface area is 172 Å². The van der Waals surface area contributed by atoms with E-state index in [1.807, 2.05) is 0 Å². The van der Waals surface area contributed by atoms with Crippen molar-refractivity contribution in [1.82, 2.24) is 15.5 Å². The summed E-state index contributed by atoms with van der Waals surface area (Å²) in [7, 11) is 1.78. The molecule has 1 unspecified atom stereocenters. The Kier molecular flexibility index (Phi) is 3.72. The molecule has 6 aliphatic rings. The Morgan fingerprint density at radius 2 is 2.10 bits per heavy atom. The lowest BCUT2D eigenvalue weighted by atomic mass is 9.48. The number of carbonyl (C=O) groups excluding carboxylic acids is 2. The lowest BCUT2D eigenvalue weighted by Gasteiger charge is -2.60. The molecular formula is C23H31N3O3. The van der Waals surface area contributed by atoms with E-state index in [1.54, 1.807) is 7.11 Å². The normalized spacial score (nSPS) is 43.8. The topological polar surface area (TPSA) is 70.7 Å². The minimum atomic E-state index is -0.731. The van der Waals surface area contributed by atoms with Crippen molar-refractivity contribution in [2.75, 3.05) is 26.7 Å². The van der Waals surface area contributed by atoms with E-state index in [9.17, 15) is 9.59 Å². The van der Waals surface area contributed by atoms with E-state index in [0.29, 0.717) is 0 Å². The molecule has 0 radical (unpaired) electrons. The van der Waals surface area contributed by atoms with Gasteiger partial charge in [0.15, 0.2) is 0 Å². The third kappa shape index (κ3) is 2.48. The Balaban J connectivity index is 1.40. The number of amides is 3. The number of rotatable bonds is 3. The molecule has 4 fully saturated rings. The number of nitrogens with zero attached hydrogens (tertiary/aromatic N) is 1. The highest BCUT2D eigenvalue weighted by molar-refractivity contribution is 6.07. The van der Waals surface area contributed by atoms with Crippen molar-refractivity contribution >= 4 is 11.9 Å². The average molecular weight is 398 g/mol. The van der Waals surface area contributed by atoms with E-state index in [2.05, 4.69) is 27.7 Å². The maximum Gasteiger partial charge on any atom is 0.322 e. The van der Waals surface area contributed by atoms with Gasteiger partial charge in [0.25, 0.3) is 5.91 Å². The smallest absolute Gasteiger partial charge is 0.322 e. The summed E-state index contributed by atoms with van der Waals surface area (Å²) in [5.74, 6) is 0.782. The lowest BCUT2D eigenvalue weighted by Crippen LogP contribution is -2.64. The minimum absolute atomic E-state index is 0.00284. The largest absolute Gasteiger partial charge is 0.377 e. The number of urea groups is 1. The SMILES string of the molecule is COC1C=CC2=C(C1)[C@]13CCN(CC4CC4)C[C@]1(CC[C@]1(C3)NC(=O)NC1=O)C2. The van der Waals surface area contributed by atoms with Gasteiger partial charge < -0.3 is 15.0 Å². The Morgan fingerprint density at radius 3 is 2.83 bits per heavy atom. The summed E-state index contributed by atoms with van der Waals surface area (Å²) >= 11 is 0. The first-order valence-electron chi connectivity index (χ1n) is 11.3. The van der Waals surface area contributed by atoms with Gasteiger partial charge in [0, 0.05) is 25.6 Å². The summed E-state index contributed by atoms with van der Waals surface area (Å²) in [6, 6.07) is -0.324. The van der Waals surface area contributed by atoms with E-state index < -0.39 is 5.54 Å². The van der Waals surface area contributed by atoms with Crippen molar-refractivity contribution in [3.63, 3.8) is 0 Å². The molecule has 0 aromatic heterocycles. The molecule has 0 aromatic rings. The molecule has 156 valence electrons. The van der Waals surface area contributed by atoms with Crippen LogP contribution in [0.5, 0.6) is 0 Å². The first-order valence-corrected chi connectivity index (χ1v) is 11.3. The number of nitrogens with one attached hydrogen (secondary N) is 2. The minimum Gasteiger partial charge on any atom is -0.377 e. The van der Waals surface area contributed by atoms with Crippen LogP contribution in [0.1, 0.15) is 51.4 Å². The van der Waals surface area contributed by atoms with Crippen LogP contribution in [0.3, 0.4) is 0 Å². The van der Waals surface area contributed by atoms with E-state index in [4.69, 9.17) is 4.74 Å². The molecule has 1 spiro atoms. The van der Waals surface area contributed by atoms with Crippen molar-refractivity contribution in [1.29, 1.82) is 0 Å². The van der Waals surface area contributed by atoms with Crippen LogP contribution in [0.15, 0.2) is 23.3 Å². The zero-order chi connectivity index (χ0) is 19.9. The molecule has 2 aliphatic heterocycles. The van der Waals surface area contributed by atoms with Gasteiger partial charge in [0.2, 0.25) is 0 Å². The molecule has 6 rings (SSSR count). The molecule has 0 bridgehead atoms. The van der Waals surface area contributed by atoms with Crippen LogP contribution in [0.2, 0.25) is 0 Å². The standard InChI is InChI=1S/C23H31N3O3/c1-29-17-5-4-16-11-21-6-7-23(19(27)24-20(28)25-23)13-22(21,18(16)10-17)8-9-26(14-21)12-15-2-3-15/h4-5,15,17H,2-3,6-14H2,1H3,(H2,24,25,27,28)/t17?,21-,22+,23+/m0/s1. The first kappa shape index (κ1) is 18.1. The summed E-state index contributed by atoms with van der Waals surface area (Å²) in [6.45, 7) is 3.47. The van der Waals surface area contributed by atoms with Crippen LogP contribution in [0, 0.1) is 16.7 Å². The monoisotopic (exact) mass is 397 g/mol. The predicted molar refractivity (Wildman–Crippen MR) is 108 cm³/mol. The van der Waals surface area contributed by atoms with Crippen LogP contribution in [-0.4, -0.2) is 55.2 Å². The maximum absolute atomic E-state index is 12.9. The Hall–Kier alpha value is -1.66. The molecule has 29 heavy (non-hydrogen) atoms. The fourth-order valence-electron chi connectivity index (χ4n) is 7.38. The van der Waals surface area contributed by atoms with Gasteiger partial charge in [-0.15, -0.1) is 0 Å². The highest BCUT2D eigenvalue weighted by Gasteiger charge is 2.68. The van der Waals surface area contributed by atoms with Gasteiger partial charge >= 0.3 is 6.03 Å². The predicted octanol–water partition coefficient (Wildman–Crippen LogP) is 2.51. The van der Waals surface area contributed by atoms with Crippen molar-refractivity contribution in [3.05, 3.63) is 23.3 Å². The van der Waals surface area contributed by atoms with Gasteiger partial charge in [0.1, 0.15) is 5.54 Å². The second-order valence-corrected chi connectivity index (χ2v) is 10.5. The Morgan fingerprint density at radius 1 is 1.24 bits per heavy atom. The summed E-state index contributed by atoms with van der Waals surface area (Å²) in [5.41, 5.74) is 2.46. The van der Waals surface area contributed by atoms with Crippen LogP contribution in [-0.2, 0) is 9.53 Å². The van der Waals surface area contributed by atoms with E-state index >= 15 is 0 Å². The number of carbonyl (C=O) groups is 2. The maximum atomic E-state index is 12.9. The van der Waals surface area contributed by atoms with E-state index in [-0.39, 0.29) is 28.9 Å². The average Bonchev–Trinajstić information content (AvgIpc) is 3.41. The number of hydrogen-bond acceptors (Lipinski definition) is 4.